The number of aryl methyl sites for hydroxylation is 2. The molecule has 2 N–H and O–H groups in total. The molecule has 0 saturated carbocycles. The molecule has 0 aliphatic carbocycles. The standard InChI is InChI=1S/C15H20N2O3Si.C10H10N2O2/c1-10-13(15(19)20-3)9-12(7-8-21(4,5)6)14(16-10)17-11(2)18;1-6-8(10(13)14-2)5-7-3-4-11-9(7)12-6/h9H,1-6H3,(H,16,17,18);3-5H,1-2H3,(H,11,12). The van der Waals surface area contributed by atoms with Crippen molar-refractivity contribution in [1.82, 2.24) is 15.0 Å². The molecule has 3 aromatic heterocycles. The van der Waals surface area contributed by atoms with Gasteiger partial charge in [-0.2, -0.15) is 0 Å². The van der Waals surface area contributed by atoms with E-state index in [1.807, 2.05) is 6.07 Å². The van der Waals surface area contributed by atoms with E-state index in [-0.39, 0.29) is 11.9 Å². The molecule has 1 amide bonds. The monoisotopic (exact) mass is 494 g/mol. The van der Waals surface area contributed by atoms with E-state index in [0.29, 0.717) is 33.9 Å². The topological polar surface area (TPSA) is 123 Å². The molecule has 0 unspecified atom stereocenters. The summed E-state index contributed by atoms with van der Waals surface area (Å²) in [7, 11) is 1.09. The molecule has 0 spiro atoms. The molecule has 0 aliphatic rings. The van der Waals surface area contributed by atoms with Gasteiger partial charge in [-0.15, -0.1) is 5.54 Å². The molecule has 184 valence electrons. The fraction of sp³-hybridized carbons (Fsp3) is 0.320. The second kappa shape index (κ2) is 11.4. The maximum atomic E-state index is 11.7. The second-order valence-electron chi connectivity index (χ2n) is 8.72. The summed E-state index contributed by atoms with van der Waals surface area (Å²) >= 11 is 0. The summed E-state index contributed by atoms with van der Waals surface area (Å²) in [4.78, 5) is 45.8. The lowest BCUT2D eigenvalue weighted by atomic mass is 10.1. The van der Waals surface area contributed by atoms with Crippen LogP contribution in [0.2, 0.25) is 19.6 Å². The zero-order valence-electron chi connectivity index (χ0n) is 21.2. The Balaban J connectivity index is 0.000000266. The van der Waals surface area contributed by atoms with Crippen LogP contribution < -0.4 is 5.32 Å². The number of nitrogens with zero attached hydrogens (tertiary/aromatic N) is 2. The largest absolute Gasteiger partial charge is 0.465 e. The lowest BCUT2D eigenvalue weighted by Crippen LogP contribution is -2.17. The summed E-state index contributed by atoms with van der Waals surface area (Å²) in [6.45, 7) is 11.2. The van der Waals surface area contributed by atoms with Gasteiger partial charge in [0, 0.05) is 18.5 Å². The van der Waals surface area contributed by atoms with Gasteiger partial charge in [-0.05, 0) is 32.0 Å². The first-order valence-electron chi connectivity index (χ1n) is 10.8. The lowest BCUT2D eigenvalue weighted by Gasteiger charge is -2.10. The summed E-state index contributed by atoms with van der Waals surface area (Å²) in [5, 5.41) is 3.56. The Kier molecular flexibility index (Phi) is 8.91. The van der Waals surface area contributed by atoms with Crippen LogP contribution in [-0.4, -0.2) is 55.1 Å². The van der Waals surface area contributed by atoms with Crippen LogP contribution in [0.3, 0.4) is 0 Å². The predicted molar refractivity (Wildman–Crippen MR) is 137 cm³/mol. The number of H-pyrrole nitrogens is 1. The Labute approximate surface area is 205 Å². The van der Waals surface area contributed by atoms with Crippen molar-refractivity contribution in [2.45, 2.75) is 40.4 Å². The smallest absolute Gasteiger partial charge is 0.339 e. The van der Waals surface area contributed by atoms with Crippen LogP contribution >= 0.6 is 0 Å². The van der Waals surface area contributed by atoms with Crippen molar-refractivity contribution in [1.29, 1.82) is 0 Å². The summed E-state index contributed by atoms with van der Waals surface area (Å²) < 4.78 is 9.39. The number of fused-ring (bicyclic) bond motifs is 1. The SMILES string of the molecule is COC(=O)c1cc(C#C[Si](C)(C)C)c(NC(C)=O)nc1C.COC(=O)c1cc2cc[nH]c2nc1C. The van der Waals surface area contributed by atoms with Gasteiger partial charge in [0.1, 0.15) is 19.5 Å². The third-order valence-electron chi connectivity index (χ3n) is 4.62. The zero-order chi connectivity index (χ0) is 26.3. The van der Waals surface area contributed by atoms with E-state index in [1.165, 1.54) is 21.1 Å². The normalized spacial score (nSPS) is 10.4. The first-order valence-corrected chi connectivity index (χ1v) is 14.3. The Morgan fingerprint density at radius 3 is 2.09 bits per heavy atom. The highest BCUT2D eigenvalue weighted by Crippen LogP contribution is 2.18. The number of hydrogen-bond acceptors (Lipinski definition) is 7. The van der Waals surface area contributed by atoms with Crippen molar-refractivity contribution in [3.8, 4) is 11.5 Å². The van der Waals surface area contributed by atoms with Crippen LogP contribution in [0.4, 0.5) is 5.82 Å². The average Bonchev–Trinajstić information content (AvgIpc) is 3.23. The molecule has 0 bridgehead atoms. The van der Waals surface area contributed by atoms with Gasteiger partial charge in [0.2, 0.25) is 5.91 Å². The number of carbonyl (C=O) groups excluding carboxylic acids is 3. The fourth-order valence-corrected chi connectivity index (χ4v) is 3.43. The number of hydrogen-bond donors (Lipinski definition) is 2. The van der Waals surface area contributed by atoms with E-state index >= 15 is 0 Å². The number of pyridine rings is 2. The number of nitrogens with one attached hydrogen (secondary N) is 2. The number of methoxy groups -OCH3 is 2. The van der Waals surface area contributed by atoms with Gasteiger partial charge >= 0.3 is 11.9 Å². The molecule has 3 heterocycles. The van der Waals surface area contributed by atoms with Crippen molar-refractivity contribution < 1.29 is 23.9 Å². The highest BCUT2D eigenvalue weighted by Gasteiger charge is 2.16. The van der Waals surface area contributed by atoms with Crippen molar-refractivity contribution in [3.05, 3.63) is 52.5 Å². The van der Waals surface area contributed by atoms with Gasteiger partial charge in [-0.1, -0.05) is 25.6 Å². The number of anilines is 1. The molecule has 0 atom stereocenters. The van der Waals surface area contributed by atoms with Gasteiger partial charge in [-0.25, -0.2) is 19.6 Å². The Bertz CT molecular complexity index is 1330. The third-order valence-corrected chi connectivity index (χ3v) is 5.49. The average molecular weight is 495 g/mol. The molecule has 0 radical (unpaired) electrons. The number of amides is 1. The molecule has 0 aliphatic heterocycles. The minimum absolute atomic E-state index is 0.233. The summed E-state index contributed by atoms with van der Waals surface area (Å²) in [6, 6.07) is 5.26. The lowest BCUT2D eigenvalue weighted by molar-refractivity contribution is -0.114. The molecular weight excluding hydrogens is 464 g/mol. The van der Waals surface area contributed by atoms with E-state index in [4.69, 9.17) is 4.74 Å². The summed E-state index contributed by atoms with van der Waals surface area (Å²) in [5.74, 6) is 2.36. The molecule has 0 saturated heterocycles. The minimum Gasteiger partial charge on any atom is -0.465 e. The Hall–Kier alpha value is -3.97. The molecule has 3 rings (SSSR count). The maximum absolute atomic E-state index is 11.7. The molecule has 0 fully saturated rings. The van der Waals surface area contributed by atoms with Gasteiger partial charge in [0.25, 0.3) is 0 Å². The second-order valence-corrected chi connectivity index (χ2v) is 13.5. The zero-order valence-corrected chi connectivity index (χ0v) is 22.2. The van der Waals surface area contributed by atoms with E-state index in [9.17, 15) is 14.4 Å². The van der Waals surface area contributed by atoms with Gasteiger partial charge in [-0.3, -0.25) is 4.79 Å². The van der Waals surface area contributed by atoms with Crippen molar-refractivity contribution in [2.24, 2.45) is 0 Å². The number of ether oxygens (including phenoxy) is 2. The number of aromatic amines is 1. The fourth-order valence-electron chi connectivity index (χ4n) is 2.92. The highest BCUT2D eigenvalue weighted by molar-refractivity contribution is 6.83. The van der Waals surface area contributed by atoms with Gasteiger partial charge in [0.05, 0.1) is 42.3 Å². The molecular formula is C25H30N4O5Si. The van der Waals surface area contributed by atoms with Crippen LogP contribution in [0.15, 0.2) is 24.4 Å². The molecule has 10 heteroatoms. The molecule has 3 aromatic rings. The number of aromatic nitrogens is 3. The summed E-state index contributed by atoms with van der Waals surface area (Å²) in [5.41, 5.74) is 6.54. The maximum Gasteiger partial charge on any atom is 0.339 e. The van der Waals surface area contributed by atoms with Crippen molar-refractivity contribution >= 4 is 42.8 Å². The van der Waals surface area contributed by atoms with E-state index in [1.54, 1.807) is 32.2 Å². The van der Waals surface area contributed by atoms with E-state index in [0.717, 1.165) is 11.0 Å². The van der Waals surface area contributed by atoms with Crippen molar-refractivity contribution in [2.75, 3.05) is 19.5 Å². The van der Waals surface area contributed by atoms with Crippen LogP contribution in [0.1, 0.15) is 44.6 Å². The van der Waals surface area contributed by atoms with Gasteiger partial charge < -0.3 is 19.8 Å². The van der Waals surface area contributed by atoms with Crippen LogP contribution in [0.5, 0.6) is 0 Å². The van der Waals surface area contributed by atoms with E-state index < -0.39 is 14.0 Å². The highest BCUT2D eigenvalue weighted by atomic mass is 28.3. The van der Waals surface area contributed by atoms with Crippen LogP contribution in [0.25, 0.3) is 11.0 Å². The molecule has 0 aromatic carbocycles. The molecule has 9 nitrogen and oxygen atoms in total. The quantitative estimate of drug-likeness (QED) is 0.320. The van der Waals surface area contributed by atoms with E-state index in [2.05, 4.69) is 56.1 Å². The summed E-state index contributed by atoms with van der Waals surface area (Å²) in [6.07, 6.45) is 1.79. The van der Waals surface area contributed by atoms with Crippen LogP contribution in [-0.2, 0) is 14.3 Å². The van der Waals surface area contributed by atoms with Crippen molar-refractivity contribution in [3.63, 3.8) is 0 Å². The Morgan fingerprint density at radius 1 is 0.971 bits per heavy atom. The molecule has 35 heavy (non-hydrogen) atoms. The Morgan fingerprint density at radius 2 is 1.54 bits per heavy atom. The van der Waals surface area contributed by atoms with Gasteiger partial charge in [0.15, 0.2) is 0 Å². The first kappa shape index (κ1) is 27.3. The number of rotatable bonds is 3. The number of esters is 2. The minimum atomic E-state index is -1.59. The van der Waals surface area contributed by atoms with Crippen LogP contribution in [0, 0.1) is 25.3 Å². The third kappa shape index (κ3) is 7.51. The predicted octanol–water partition coefficient (Wildman–Crippen LogP) is 4.02. The first-order chi connectivity index (χ1) is 16.4. The number of carbonyl (C=O) groups is 3.